The van der Waals surface area contributed by atoms with Crippen LogP contribution in [0.3, 0.4) is 0 Å². The Morgan fingerprint density at radius 2 is 1.68 bits per heavy atom. The zero-order valence-electron chi connectivity index (χ0n) is 18.2. The lowest BCUT2D eigenvalue weighted by molar-refractivity contribution is -0.113. The number of thioether (sulfide) groups is 1. The number of benzene rings is 3. The number of nitrogens with zero attached hydrogens (tertiary/aromatic N) is 2. The zero-order chi connectivity index (χ0) is 24.4. The predicted octanol–water partition coefficient (Wildman–Crippen LogP) is 7.40. The molecule has 1 heterocycles. The maximum absolute atomic E-state index is 13.1. The van der Waals surface area contributed by atoms with Gasteiger partial charge in [-0.1, -0.05) is 36.1 Å². The molecule has 0 aromatic heterocycles. The van der Waals surface area contributed by atoms with E-state index < -0.39 is 0 Å². The molecule has 0 saturated carbocycles. The first-order valence-corrected chi connectivity index (χ1v) is 13.0. The average molecular weight is 622 g/mol. The number of amides is 1. The Balaban J connectivity index is 1.52. The van der Waals surface area contributed by atoms with Crippen LogP contribution in [0.25, 0.3) is 6.08 Å². The van der Waals surface area contributed by atoms with Crippen LogP contribution in [0.5, 0.6) is 5.75 Å². The van der Waals surface area contributed by atoms with Gasteiger partial charge in [-0.2, -0.15) is 0 Å². The van der Waals surface area contributed by atoms with Crippen molar-refractivity contribution in [3.8, 4) is 5.75 Å². The van der Waals surface area contributed by atoms with Crippen molar-refractivity contribution in [1.29, 1.82) is 0 Å². The number of carbonyl (C=O) groups is 1. The molecule has 0 spiro atoms. The van der Waals surface area contributed by atoms with Crippen molar-refractivity contribution in [3.05, 3.63) is 91.5 Å². The number of hydrogen-bond acceptors (Lipinski definition) is 5. The van der Waals surface area contributed by atoms with Crippen LogP contribution in [0.2, 0.25) is 0 Å². The molecule has 0 N–H and O–H groups in total. The highest BCUT2D eigenvalue weighted by molar-refractivity contribution is 9.11. The first kappa shape index (κ1) is 24.9. The first-order chi connectivity index (χ1) is 16.2. The molecule has 174 valence electrons. The van der Waals surface area contributed by atoms with E-state index in [4.69, 9.17) is 17.0 Å². The normalized spacial score (nSPS) is 14.7. The Hall–Kier alpha value is -2.20. The quantitative estimate of drug-likeness (QED) is 0.212. The number of anilines is 2. The molecule has 0 aliphatic carbocycles. The fraction of sp³-hybridized carbons (Fsp3) is 0.120. The van der Waals surface area contributed by atoms with Gasteiger partial charge in [-0.3, -0.25) is 9.69 Å². The van der Waals surface area contributed by atoms with Crippen molar-refractivity contribution < 1.29 is 13.9 Å². The van der Waals surface area contributed by atoms with E-state index in [2.05, 4.69) is 31.9 Å². The first-order valence-electron chi connectivity index (χ1n) is 10.1. The second-order valence-electron chi connectivity index (χ2n) is 7.66. The molecule has 1 fully saturated rings. The van der Waals surface area contributed by atoms with Gasteiger partial charge in [0.2, 0.25) is 0 Å². The Morgan fingerprint density at radius 1 is 1.06 bits per heavy atom. The fourth-order valence-electron chi connectivity index (χ4n) is 3.28. The molecule has 9 heteroatoms. The zero-order valence-corrected chi connectivity index (χ0v) is 23.0. The number of hydrogen-bond donors (Lipinski definition) is 0. The third kappa shape index (κ3) is 5.54. The van der Waals surface area contributed by atoms with Crippen molar-refractivity contribution in [3.63, 3.8) is 0 Å². The molecule has 1 aliphatic rings. The summed E-state index contributed by atoms with van der Waals surface area (Å²) >= 11 is 13.9. The SMILES string of the molecule is CN(C)c1ccc(N2C(=O)/C(=C\c3cc(Br)c(OCc4ccc(F)cc4)c(Br)c3)SC2=S)cc1. The van der Waals surface area contributed by atoms with E-state index in [9.17, 15) is 9.18 Å². The second-order valence-corrected chi connectivity index (χ2v) is 11.0. The summed E-state index contributed by atoms with van der Waals surface area (Å²) in [7, 11) is 3.93. The van der Waals surface area contributed by atoms with Gasteiger partial charge in [-0.15, -0.1) is 0 Å². The number of carbonyl (C=O) groups excluding carboxylic acids is 1. The Morgan fingerprint density at radius 3 is 2.26 bits per heavy atom. The van der Waals surface area contributed by atoms with Crippen molar-refractivity contribution >= 4 is 83.5 Å². The minimum Gasteiger partial charge on any atom is -0.487 e. The van der Waals surface area contributed by atoms with Crippen molar-refractivity contribution in [2.75, 3.05) is 23.9 Å². The number of thiocarbonyl (C=S) groups is 1. The van der Waals surface area contributed by atoms with E-state index in [1.807, 2.05) is 61.5 Å². The summed E-state index contributed by atoms with van der Waals surface area (Å²) in [6.45, 7) is 0.294. The Labute approximate surface area is 224 Å². The van der Waals surface area contributed by atoms with E-state index in [0.717, 1.165) is 31.4 Å². The Kier molecular flexibility index (Phi) is 7.77. The van der Waals surface area contributed by atoms with Gasteiger partial charge in [-0.25, -0.2) is 4.39 Å². The van der Waals surface area contributed by atoms with Gasteiger partial charge in [0.15, 0.2) is 4.32 Å². The summed E-state index contributed by atoms with van der Waals surface area (Å²) in [6, 6.07) is 17.6. The van der Waals surface area contributed by atoms with Crippen LogP contribution in [0.4, 0.5) is 15.8 Å². The molecule has 3 aromatic carbocycles. The summed E-state index contributed by atoms with van der Waals surface area (Å²) in [4.78, 5) is 17.2. The van der Waals surface area contributed by atoms with E-state index >= 15 is 0 Å². The fourth-order valence-corrected chi connectivity index (χ4v) is 6.03. The van der Waals surface area contributed by atoms with Gasteiger partial charge in [-0.05, 0) is 97.6 Å². The van der Waals surface area contributed by atoms with E-state index in [-0.39, 0.29) is 11.7 Å². The molecule has 4 rings (SSSR count). The molecule has 1 saturated heterocycles. The lowest BCUT2D eigenvalue weighted by Crippen LogP contribution is -2.27. The summed E-state index contributed by atoms with van der Waals surface area (Å²) in [6.07, 6.45) is 1.81. The maximum Gasteiger partial charge on any atom is 0.270 e. The van der Waals surface area contributed by atoms with Gasteiger partial charge in [0.05, 0.1) is 19.5 Å². The molecule has 0 radical (unpaired) electrons. The highest BCUT2D eigenvalue weighted by Crippen LogP contribution is 2.39. The molecule has 3 aromatic rings. The van der Waals surface area contributed by atoms with Crippen LogP contribution in [0.1, 0.15) is 11.1 Å². The van der Waals surface area contributed by atoms with Gasteiger partial charge >= 0.3 is 0 Å². The van der Waals surface area contributed by atoms with Gasteiger partial charge in [0.1, 0.15) is 18.2 Å². The molecule has 0 unspecified atom stereocenters. The highest BCUT2D eigenvalue weighted by Gasteiger charge is 2.33. The molecular formula is C25H19Br2FN2O2S2. The summed E-state index contributed by atoms with van der Waals surface area (Å²) < 4.78 is 21.0. The predicted molar refractivity (Wildman–Crippen MR) is 149 cm³/mol. The molecule has 1 amide bonds. The monoisotopic (exact) mass is 620 g/mol. The lowest BCUT2D eigenvalue weighted by atomic mass is 10.2. The van der Waals surface area contributed by atoms with Gasteiger partial charge in [0, 0.05) is 19.8 Å². The molecular weight excluding hydrogens is 603 g/mol. The summed E-state index contributed by atoms with van der Waals surface area (Å²) in [5.41, 5.74) is 3.45. The Bertz CT molecular complexity index is 1260. The number of rotatable bonds is 6. The second kappa shape index (κ2) is 10.6. The van der Waals surface area contributed by atoms with Crippen molar-refractivity contribution in [2.45, 2.75) is 6.61 Å². The van der Waals surface area contributed by atoms with Crippen molar-refractivity contribution in [1.82, 2.24) is 0 Å². The maximum atomic E-state index is 13.1. The largest absolute Gasteiger partial charge is 0.487 e. The number of ether oxygens (including phenoxy) is 1. The third-order valence-corrected chi connectivity index (χ3v) is 7.51. The van der Waals surface area contributed by atoms with Crippen LogP contribution in [-0.4, -0.2) is 24.3 Å². The topological polar surface area (TPSA) is 32.8 Å². The van der Waals surface area contributed by atoms with Crippen molar-refractivity contribution in [2.24, 2.45) is 0 Å². The van der Waals surface area contributed by atoms with Crippen LogP contribution < -0.4 is 14.5 Å². The van der Waals surface area contributed by atoms with Crippen LogP contribution in [0.15, 0.2) is 74.5 Å². The van der Waals surface area contributed by atoms with Gasteiger partial charge in [0.25, 0.3) is 5.91 Å². The molecule has 1 aliphatic heterocycles. The molecule has 4 nitrogen and oxygen atoms in total. The molecule has 0 atom stereocenters. The van der Waals surface area contributed by atoms with E-state index in [1.165, 1.54) is 23.9 Å². The van der Waals surface area contributed by atoms with Crippen LogP contribution >= 0.6 is 55.8 Å². The molecule has 34 heavy (non-hydrogen) atoms. The van der Waals surface area contributed by atoms with Crippen LogP contribution in [-0.2, 0) is 11.4 Å². The molecule has 0 bridgehead atoms. The average Bonchev–Trinajstić information content (AvgIpc) is 3.07. The summed E-state index contributed by atoms with van der Waals surface area (Å²) in [5.74, 6) is 0.179. The standard InChI is InChI=1S/C25H19Br2FN2O2S2/c1-29(2)18-7-9-19(10-8-18)30-24(31)22(34-25(30)33)13-16-11-20(26)23(21(27)12-16)32-14-15-3-5-17(28)6-4-15/h3-13H,14H2,1-2H3/b22-13+. The minimum absolute atomic E-state index is 0.156. The van der Waals surface area contributed by atoms with E-state index in [0.29, 0.717) is 21.6 Å². The summed E-state index contributed by atoms with van der Waals surface area (Å²) in [5, 5.41) is 0. The van der Waals surface area contributed by atoms with E-state index in [1.54, 1.807) is 17.0 Å². The number of halogens is 3. The highest BCUT2D eigenvalue weighted by atomic mass is 79.9. The lowest BCUT2D eigenvalue weighted by Gasteiger charge is -2.17. The smallest absolute Gasteiger partial charge is 0.270 e. The van der Waals surface area contributed by atoms with Gasteiger partial charge < -0.3 is 9.64 Å². The third-order valence-electron chi connectivity index (χ3n) is 5.03. The van der Waals surface area contributed by atoms with Crippen LogP contribution in [0, 0.1) is 5.82 Å². The minimum atomic E-state index is -0.286.